The van der Waals surface area contributed by atoms with Crippen LogP contribution in [0.4, 0.5) is 0 Å². The fourth-order valence-corrected chi connectivity index (χ4v) is 6.26. The number of nitrogens with zero attached hydrogens (tertiary/aromatic N) is 1. The number of carboxylic acid groups (broad SMARTS) is 1. The molecule has 3 rings (SSSR count). The molecule has 0 spiro atoms. The summed E-state index contributed by atoms with van der Waals surface area (Å²) in [6.07, 6.45) is 1.11. The van der Waals surface area contributed by atoms with Crippen LogP contribution in [-0.4, -0.2) is 102 Å². The summed E-state index contributed by atoms with van der Waals surface area (Å²) in [6.45, 7) is 4.39. The van der Waals surface area contributed by atoms with Crippen molar-refractivity contribution in [3.8, 4) is 0 Å². The summed E-state index contributed by atoms with van der Waals surface area (Å²) < 4.78 is 0. The molecule has 310 valence electrons. The van der Waals surface area contributed by atoms with E-state index >= 15 is 0 Å². The van der Waals surface area contributed by atoms with Gasteiger partial charge in [-0.15, -0.1) is 0 Å². The van der Waals surface area contributed by atoms with E-state index in [0.717, 1.165) is 6.42 Å². The number of primary amides is 1. The van der Waals surface area contributed by atoms with Crippen molar-refractivity contribution in [3.63, 3.8) is 0 Å². The smallest absolute Gasteiger partial charge is 0.326 e. The molecule has 57 heavy (non-hydrogen) atoms. The maximum Gasteiger partial charge on any atom is 0.326 e. The zero-order valence-electron chi connectivity index (χ0n) is 32.4. The molecule has 1 aliphatic rings. The topological polar surface area (TPSA) is 302 Å². The second-order valence-corrected chi connectivity index (χ2v) is 14.4. The van der Waals surface area contributed by atoms with Gasteiger partial charge in [-0.05, 0) is 55.7 Å². The van der Waals surface area contributed by atoms with E-state index in [0.29, 0.717) is 24.1 Å². The molecular formula is C39H56N10O8. The number of nitrogens with two attached hydrogens (primary N) is 3. The van der Waals surface area contributed by atoms with Gasteiger partial charge in [0.15, 0.2) is 5.96 Å². The summed E-state index contributed by atoms with van der Waals surface area (Å²) in [5.74, 6) is -6.00. The van der Waals surface area contributed by atoms with Crippen molar-refractivity contribution < 1.29 is 38.7 Å². The van der Waals surface area contributed by atoms with Gasteiger partial charge in [0.2, 0.25) is 35.4 Å². The number of carboxylic acids is 1. The van der Waals surface area contributed by atoms with Gasteiger partial charge < -0.3 is 54.2 Å². The number of aliphatic carboxylic acids is 1. The first-order valence-electron chi connectivity index (χ1n) is 19.0. The molecule has 2 aromatic rings. The molecule has 1 aliphatic heterocycles. The number of guanidine groups is 1. The number of aliphatic imine (C=N–C) groups is 1. The van der Waals surface area contributed by atoms with Crippen molar-refractivity contribution in [1.82, 2.24) is 31.9 Å². The number of carbonyl (C=O) groups is 7. The first-order valence-corrected chi connectivity index (χ1v) is 19.0. The van der Waals surface area contributed by atoms with Crippen molar-refractivity contribution in [2.24, 2.45) is 28.1 Å². The largest absolute Gasteiger partial charge is 0.480 e. The van der Waals surface area contributed by atoms with E-state index in [-0.39, 0.29) is 50.5 Å². The van der Waals surface area contributed by atoms with Gasteiger partial charge in [0, 0.05) is 19.4 Å². The summed E-state index contributed by atoms with van der Waals surface area (Å²) in [5, 5.41) is 26.1. The van der Waals surface area contributed by atoms with E-state index < -0.39 is 84.1 Å². The lowest BCUT2D eigenvalue weighted by atomic mass is 10.00. The van der Waals surface area contributed by atoms with Crippen LogP contribution < -0.4 is 49.1 Å². The second-order valence-electron chi connectivity index (χ2n) is 14.4. The Hall–Kier alpha value is -6.04. The number of hydrogen-bond donors (Lipinski definition) is 10. The lowest BCUT2D eigenvalue weighted by molar-refractivity contribution is -0.142. The summed E-state index contributed by atoms with van der Waals surface area (Å²) in [6, 6.07) is 10.5. The number of hydrogen-bond acceptors (Lipinski definition) is 9. The third-order valence-electron chi connectivity index (χ3n) is 9.15. The SMILES string of the molecule is CC(C)CC(NC(=O)C(Cc1ccccc1)NC(=O)C(CC(N)=O)NC(=O)C1CCCN1)C(=O)NC(CCCN=C(N)N)C(=O)NC(Cc1ccccc1)C(=O)O. The first kappa shape index (κ1) is 45.4. The lowest BCUT2D eigenvalue weighted by Gasteiger charge is -2.28. The highest BCUT2D eigenvalue weighted by atomic mass is 16.4. The molecule has 0 aliphatic carbocycles. The normalized spacial score (nSPS) is 16.2. The molecule has 0 bridgehead atoms. The average molecular weight is 793 g/mol. The van der Waals surface area contributed by atoms with E-state index in [2.05, 4.69) is 36.9 Å². The van der Waals surface area contributed by atoms with E-state index in [4.69, 9.17) is 17.2 Å². The first-order chi connectivity index (χ1) is 27.1. The standard InChI is InChI=1S/C39H56N10O8/c1-23(2)19-28(35(53)45-27(16-10-18-44-39(41)42)34(52)49-31(38(56)57)21-25-13-7-4-8-14-25)46-36(54)29(20-24-11-5-3-6-12-24)47-37(55)30(22-32(40)50)48-33(51)26-15-9-17-43-26/h3-8,11-14,23,26-31,43H,9-10,15-22H2,1-2H3,(H2,40,50)(H,45,53)(H,46,54)(H,47,55)(H,48,51)(H,49,52)(H,56,57)(H4,41,42,44). The Morgan fingerprint density at radius 1 is 0.719 bits per heavy atom. The number of rotatable bonds is 23. The Kier molecular flexibility index (Phi) is 18.4. The van der Waals surface area contributed by atoms with Crippen molar-refractivity contribution >= 4 is 47.4 Å². The minimum Gasteiger partial charge on any atom is -0.480 e. The zero-order chi connectivity index (χ0) is 41.9. The predicted molar refractivity (Wildman–Crippen MR) is 212 cm³/mol. The monoisotopic (exact) mass is 792 g/mol. The van der Waals surface area contributed by atoms with Crippen LogP contribution in [0.5, 0.6) is 0 Å². The van der Waals surface area contributed by atoms with Crippen LogP contribution in [0.3, 0.4) is 0 Å². The van der Waals surface area contributed by atoms with Crippen LogP contribution in [0.15, 0.2) is 65.7 Å². The molecule has 1 saturated heterocycles. The van der Waals surface area contributed by atoms with Crippen LogP contribution in [0.2, 0.25) is 0 Å². The van der Waals surface area contributed by atoms with Crippen molar-refractivity contribution in [3.05, 3.63) is 71.8 Å². The number of amides is 6. The summed E-state index contributed by atoms with van der Waals surface area (Å²) in [5.41, 5.74) is 17.7. The molecule has 6 unspecified atom stereocenters. The third-order valence-corrected chi connectivity index (χ3v) is 9.15. The molecule has 18 nitrogen and oxygen atoms in total. The van der Waals surface area contributed by atoms with Gasteiger partial charge in [-0.2, -0.15) is 0 Å². The number of benzene rings is 2. The van der Waals surface area contributed by atoms with Crippen molar-refractivity contribution in [2.45, 2.75) is 101 Å². The van der Waals surface area contributed by atoms with Crippen molar-refractivity contribution in [2.75, 3.05) is 13.1 Å². The van der Waals surface area contributed by atoms with Gasteiger partial charge in [0.25, 0.3) is 0 Å². The molecule has 18 heteroatoms. The highest BCUT2D eigenvalue weighted by Crippen LogP contribution is 2.12. The highest BCUT2D eigenvalue weighted by Gasteiger charge is 2.34. The van der Waals surface area contributed by atoms with Gasteiger partial charge in [-0.25, -0.2) is 4.79 Å². The highest BCUT2D eigenvalue weighted by molar-refractivity contribution is 5.97. The Morgan fingerprint density at radius 2 is 1.23 bits per heavy atom. The minimum atomic E-state index is -1.38. The van der Waals surface area contributed by atoms with Crippen LogP contribution in [0.25, 0.3) is 0 Å². The molecular weight excluding hydrogens is 736 g/mol. The Balaban J connectivity index is 1.85. The quantitative estimate of drug-likeness (QED) is 0.0359. The summed E-state index contributed by atoms with van der Waals surface area (Å²) >= 11 is 0. The Bertz CT molecular complexity index is 1700. The molecule has 0 saturated carbocycles. The van der Waals surface area contributed by atoms with Crippen LogP contribution >= 0.6 is 0 Å². The van der Waals surface area contributed by atoms with E-state index in [1.54, 1.807) is 60.7 Å². The minimum absolute atomic E-state index is 0.0153. The van der Waals surface area contributed by atoms with Gasteiger partial charge in [-0.3, -0.25) is 33.8 Å². The molecule has 1 fully saturated rings. The van der Waals surface area contributed by atoms with Gasteiger partial charge in [0.1, 0.15) is 30.2 Å². The Morgan fingerprint density at radius 3 is 1.75 bits per heavy atom. The zero-order valence-corrected chi connectivity index (χ0v) is 32.4. The molecule has 2 aromatic carbocycles. The second kappa shape index (κ2) is 23.1. The number of nitrogens with one attached hydrogen (secondary N) is 6. The van der Waals surface area contributed by atoms with E-state index in [1.165, 1.54) is 0 Å². The van der Waals surface area contributed by atoms with Gasteiger partial charge in [0.05, 0.1) is 12.5 Å². The molecule has 0 radical (unpaired) electrons. The lowest BCUT2D eigenvalue weighted by Crippen LogP contribution is -2.60. The fraction of sp³-hybridized carbons (Fsp3) is 0.487. The summed E-state index contributed by atoms with van der Waals surface area (Å²) in [7, 11) is 0. The van der Waals surface area contributed by atoms with Gasteiger partial charge in [-0.1, -0.05) is 74.5 Å². The third kappa shape index (κ3) is 16.3. The van der Waals surface area contributed by atoms with Crippen molar-refractivity contribution in [1.29, 1.82) is 0 Å². The van der Waals surface area contributed by atoms with Gasteiger partial charge >= 0.3 is 5.97 Å². The van der Waals surface area contributed by atoms with Crippen LogP contribution in [-0.2, 0) is 46.4 Å². The molecule has 13 N–H and O–H groups in total. The molecule has 0 aromatic heterocycles. The maximum atomic E-state index is 14.1. The predicted octanol–water partition coefficient (Wildman–Crippen LogP) is -1.29. The molecule has 6 atom stereocenters. The van der Waals surface area contributed by atoms with Crippen LogP contribution in [0.1, 0.15) is 63.5 Å². The fourth-order valence-electron chi connectivity index (χ4n) is 6.26. The summed E-state index contributed by atoms with van der Waals surface area (Å²) in [4.78, 5) is 96.3. The van der Waals surface area contributed by atoms with E-state index in [1.807, 2.05) is 13.8 Å². The average Bonchev–Trinajstić information content (AvgIpc) is 3.71. The number of carbonyl (C=O) groups excluding carboxylic acids is 6. The van der Waals surface area contributed by atoms with E-state index in [9.17, 15) is 38.7 Å². The van der Waals surface area contributed by atoms with Crippen LogP contribution in [0, 0.1) is 5.92 Å². The maximum absolute atomic E-state index is 14.1. The Labute approximate surface area is 331 Å². The molecule has 6 amide bonds. The molecule has 1 heterocycles.